The number of fused-ring (bicyclic) bond motifs is 1. The van der Waals surface area contributed by atoms with E-state index >= 15 is 0 Å². The number of hydrogen-bond donors (Lipinski definition) is 0. The number of carbonyl (C=O) groups excluding carboxylic acids is 1. The van der Waals surface area contributed by atoms with Crippen molar-refractivity contribution in [2.75, 3.05) is 13.1 Å². The highest BCUT2D eigenvalue weighted by atomic mass is 32.1. The summed E-state index contributed by atoms with van der Waals surface area (Å²) in [5, 5.41) is 1.99. The van der Waals surface area contributed by atoms with E-state index in [-0.39, 0.29) is 5.91 Å². The van der Waals surface area contributed by atoms with E-state index in [1.165, 1.54) is 0 Å². The number of thiazole rings is 1. The zero-order chi connectivity index (χ0) is 10.8. The van der Waals surface area contributed by atoms with Crippen molar-refractivity contribution in [3.05, 3.63) is 29.4 Å². The first-order chi connectivity index (χ1) is 7.27. The third-order valence-electron chi connectivity index (χ3n) is 2.55. The van der Waals surface area contributed by atoms with Crippen LogP contribution in [0.2, 0.25) is 0 Å². The van der Waals surface area contributed by atoms with E-state index in [1.54, 1.807) is 11.3 Å². The minimum atomic E-state index is 0.130. The summed E-state index contributed by atoms with van der Waals surface area (Å²) in [4.78, 5) is 15.0. The molecule has 0 radical (unpaired) electrons. The first-order valence-electron chi connectivity index (χ1n) is 5.11. The molecule has 0 spiro atoms. The molecule has 0 N–H and O–H groups in total. The van der Waals surface area contributed by atoms with Crippen LogP contribution in [0.25, 0.3) is 4.83 Å². The van der Waals surface area contributed by atoms with Gasteiger partial charge in [-0.1, -0.05) is 0 Å². The SMILES string of the molecule is CCN(CC)C(=O)c1ccn2ccsc12. The molecule has 0 atom stereocenters. The molecule has 0 aliphatic rings. The van der Waals surface area contributed by atoms with E-state index in [4.69, 9.17) is 0 Å². The lowest BCUT2D eigenvalue weighted by Gasteiger charge is -2.17. The highest BCUT2D eigenvalue weighted by Gasteiger charge is 2.16. The maximum absolute atomic E-state index is 12.1. The van der Waals surface area contributed by atoms with Crippen LogP contribution in [0.1, 0.15) is 24.2 Å². The van der Waals surface area contributed by atoms with Gasteiger partial charge in [0.1, 0.15) is 4.83 Å². The van der Waals surface area contributed by atoms with Crippen molar-refractivity contribution in [2.45, 2.75) is 13.8 Å². The third kappa shape index (κ3) is 1.65. The Balaban J connectivity index is 2.38. The fourth-order valence-corrected chi connectivity index (χ4v) is 2.53. The van der Waals surface area contributed by atoms with Crippen LogP contribution in [0.5, 0.6) is 0 Å². The molecule has 2 rings (SSSR count). The average molecular weight is 222 g/mol. The van der Waals surface area contributed by atoms with Crippen molar-refractivity contribution >= 4 is 22.1 Å². The Morgan fingerprint density at radius 1 is 1.40 bits per heavy atom. The van der Waals surface area contributed by atoms with Gasteiger partial charge in [0.2, 0.25) is 0 Å². The maximum atomic E-state index is 12.1. The molecule has 0 aliphatic carbocycles. The molecule has 2 heterocycles. The fraction of sp³-hybridized carbons (Fsp3) is 0.364. The van der Waals surface area contributed by atoms with E-state index in [1.807, 2.05) is 47.0 Å². The third-order valence-corrected chi connectivity index (χ3v) is 3.46. The summed E-state index contributed by atoms with van der Waals surface area (Å²) in [7, 11) is 0. The molecule has 0 saturated heterocycles. The van der Waals surface area contributed by atoms with E-state index in [0.29, 0.717) is 0 Å². The summed E-state index contributed by atoms with van der Waals surface area (Å²) < 4.78 is 1.99. The van der Waals surface area contributed by atoms with Crippen molar-refractivity contribution in [3.63, 3.8) is 0 Å². The van der Waals surface area contributed by atoms with Gasteiger partial charge in [-0.25, -0.2) is 0 Å². The molecule has 0 bridgehead atoms. The second-order valence-corrected chi connectivity index (χ2v) is 4.22. The summed E-state index contributed by atoms with van der Waals surface area (Å²) >= 11 is 1.60. The highest BCUT2D eigenvalue weighted by Crippen LogP contribution is 2.20. The molecular formula is C11H14N2OS. The van der Waals surface area contributed by atoms with Crippen LogP contribution >= 0.6 is 11.3 Å². The van der Waals surface area contributed by atoms with Gasteiger partial charge in [0.15, 0.2) is 0 Å². The van der Waals surface area contributed by atoms with Gasteiger partial charge < -0.3 is 9.30 Å². The number of carbonyl (C=O) groups is 1. The van der Waals surface area contributed by atoms with E-state index < -0.39 is 0 Å². The van der Waals surface area contributed by atoms with E-state index in [9.17, 15) is 4.79 Å². The number of amides is 1. The van der Waals surface area contributed by atoms with Gasteiger partial charge in [-0.2, -0.15) is 0 Å². The Bertz CT molecular complexity index is 468. The predicted molar refractivity (Wildman–Crippen MR) is 62.5 cm³/mol. The van der Waals surface area contributed by atoms with Gasteiger partial charge in [0, 0.05) is 30.9 Å². The first kappa shape index (κ1) is 10.2. The standard InChI is InChI=1S/C11H14N2OS/c1-3-12(4-2)10(14)9-5-6-13-7-8-15-11(9)13/h5-8H,3-4H2,1-2H3. The van der Waals surface area contributed by atoms with Crippen LogP contribution in [0.4, 0.5) is 0 Å². The van der Waals surface area contributed by atoms with Crippen LogP contribution in [-0.4, -0.2) is 28.3 Å². The van der Waals surface area contributed by atoms with Gasteiger partial charge in [0.25, 0.3) is 5.91 Å². The average Bonchev–Trinajstić information content (AvgIpc) is 2.79. The summed E-state index contributed by atoms with van der Waals surface area (Å²) in [5.41, 5.74) is 0.814. The number of hydrogen-bond acceptors (Lipinski definition) is 2. The molecule has 2 aromatic heterocycles. The lowest BCUT2D eigenvalue weighted by atomic mass is 10.3. The summed E-state index contributed by atoms with van der Waals surface area (Å²) in [6, 6.07) is 1.90. The van der Waals surface area contributed by atoms with Gasteiger partial charge in [-0.15, -0.1) is 11.3 Å². The largest absolute Gasteiger partial charge is 0.339 e. The quantitative estimate of drug-likeness (QED) is 0.783. The molecule has 0 aromatic carbocycles. The Morgan fingerprint density at radius 2 is 2.13 bits per heavy atom. The number of nitrogens with zero attached hydrogens (tertiary/aromatic N) is 2. The second-order valence-electron chi connectivity index (χ2n) is 3.32. The van der Waals surface area contributed by atoms with Gasteiger partial charge in [-0.3, -0.25) is 4.79 Å². The Hall–Kier alpha value is -1.29. The lowest BCUT2D eigenvalue weighted by Crippen LogP contribution is -2.30. The predicted octanol–water partition coefficient (Wildman–Crippen LogP) is 2.48. The fourth-order valence-electron chi connectivity index (χ4n) is 1.68. The van der Waals surface area contributed by atoms with Gasteiger partial charge in [0.05, 0.1) is 5.56 Å². The molecule has 0 aliphatic heterocycles. The highest BCUT2D eigenvalue weighted by molar-refractivity contribution is 7.16. The molecule has 1 amide bonds. The zero-order valence-electron chi connectivity index (χ0n) is 8.93. The minimum Gasteiger partial charge on any atom is -0.339 e. The van der Waals surface area contributed by atoms with Crippen LogP contribution in [0.15, 0.2) is 23.8 Å². The molecule has 15 heavy (non-hydrogen) atoms. The Morgan fingerprint density at radius 3 is 2.80 bits per heavy atom. The van der Waals surface area contributed by atoms with Crippen LogP contribution in [0.3, 0.4) is 0 Å². The lowest BCUT2D eigenvalue weighted by molar-refractivity contribution is 0.0775. The van der Waals surface area contributed by atoms with Gasteiger partial charge >= 0.3 is 0 Å². The normalized spacial score (nSPS) is 10.8. The Labute approximate surface area is 92.9 Å². The number of aromatic nitrogens is 1. The molecule has 3 nitrogen and oxygen atoms in total. The van der Waals surface area contributed by atoms with Crippen LogP contribution in [0, 0.1) is 0 Å². The minimum absolute atomic E-state index is 0.130. The van der Waals surface area contributed by atoms with Crippen molar-refractivity contribution in [2.24, 2.45) is 0 Å². The molecule has 2 aromatic rings. The monoisotopic (exact) mass is 222 g/mol. The molecule has 0 unspecified atom stereocenters. The summed E-state index contributed by atoms with van der Waals surface area (Å²) in [6.07, 6.45) is 3.90. The second kappa shape index (κ2) is 4.06. The number of rotatable bonds is 3. The summed E-state index contributed by atoms with van der Waals surface area (Å²) in [5.74, 6) is 0.130. The van der Waals surface area contributed by atoms with E-state index in [2.05, 4.69) is 0 Å². The zero-order valence-corrected chi connectivity index (χ0v) is 9.75. The molecule has 80 valence electrons. The van der Waals surface area contributed by atoms with Gasteiger partial charge in [-0.05, 0) is 19.9 Å². The maximum Gasteiger partial charge on any atom is 0.256 e. The summed E-state index contributed by atoms with van der Waals surface area (Å²) in [6.45, 7) is 5.53. The first-order valence-corrected chi connectivity index (χ1v) is 5.99. The van der Waals surface area contributed by atoms with E-state index in [0.717, 1.165) is 23.5 Å². The topological polar surface area (TPSA) is 24.7 Å². The smallest absolute Gasteiger partial charge is 0.256 e. The molecule has 0 fully saturated rings. The van der Waals surface area contributed by atoms with Crippen LogP contribution < -0.4 is 0 Å². The molecule has 0 saturated carbocycles. The Kier molecular flexibility index (Phi) is 2.77. The van der Waals surface area contributed by atoms with Crippen molar-refractivity contribution in [1.82, 2.24) is 9.30 Å². The van der Waals surface area contributed by atoms with Crippen molar-refractivity contribution in [3.8, 4) is 0 Å². The van der Waals surface area contributed by atoms with Crippen molar-refractivity contribution in [1.29, 1.82) is 0 Å². The molecule has 4 heteroatoms. The van der Waals surface area contributed by atoms with Crippen LogP contribution in [-0.2, 0) is 0 Å². The molecular weight excluding hydrogens is 208 g/mol. The van der Waals surface area contributed by atoms with Crippen molar-refractivity contribution < 1.29 is 4.79 Å².